The maximum absolute atomic E-state index is 12.6. The third-order valence-corrected chi connectivity index (χ3v) is 4.40. The standard InChI is InChI=1S/C19H20N2O4S/c1-12(2)16(19(24)25)21-18(23)15(11-14-9-6-10-26-14)20-17(22)13-7-4-3-5-8-13/h3-12,16H,1-2H3,(H,20,22)(H,21,23)(H,24,25)/b15-11+. The van der Waals surface area contributed by atoms with Crippen LogP contribution in [0, 0.1) is 5.92 Å². The van der Waals surface area contributed by atoms with Gasteiger partial charge in [0.05, 0.1) is 0 Å². The van der Waals surface area contributed by atoms with E-state index in [0.717, 1.165) is 4.88 Å². The van der Waals surface area contributed by atoms with E-state index in [1.165, 1.54) is 17.4 Å². The lowest BCUT2D eigenvalue weighted by Gasteiger charge is -2.19. The number of carboxylic acid groups (broad SMARTS) is 1. The molecule has 0 saturated carbocycles. The van der Waals surface area contributed by atoms with Crippen LogP contribution in [0.3, 0.4) is 0 Å². The van der Waals surface area contributed by atoms with Crippen LogP contribution in [0.5, 0.6) is 0 Å². The van der Waals surface area contributed by atoms with Crippen molar-refractivity contribution < 1.29 is 19.5 Å². The summed E-state index contributed by atoms with van der Waals surface area (Å²) in [4.78, 5) is 37.1. The van der Waals surface area contributed by atoms with Crippen molar-refractivity contribution in [2.24, 2.45) is 5.92 Å². The van der Waals surface area contributed by atoms with E-state index in [9.17, 15) is 19.5 Å². The van der Waals surface area contributed by atoms with E-state index in [1.807, 2.05) is 11.4 Å². The first-order valence-corrected chi connectivity index (χ1v) is 8.91. The van der Waals surface area contributed by atoms with E-state index >= 15 is 0 Å². The minimum absolute atomic E-state index is 0.00629. The summed E-state index contributed by atoms with van der Waals surface area (Å²) in [5, 5.41) is 16.2. The van der Waals surface area contributed by atoms with Crippen LogP contribution in [0.4, 0.5) is 0 Å². The van der Waals surface area contributed by atoms with Crippen LogP contribution in [-0.4, -0.2) is 28.9 Å². The highest BCUT2D eigenvalue weighted by molar-refractivity contribution is 7.10. The Morgan fingerprint density at radius 2 is 1.77 bits per heavy atom. The van der Waals surface area contributed by atoms with Crippen LogP contribution in [0.25, 0.3) is 6.08 Å². The zero-order chi connectivity index (χ0) is 19.1. The first-order valence-electron chi connectivity index (χ1n) is 8.03. The molecule has 1 unspecified atom stereocenters. The van der Waals surface area contributed by atoms with Gasteiger partial charge in [-0.1, -0.05) is 38.1 Å². The molecule has 1 atom stereocenters. The molecule has 2 aromatic rings. The fraction of sp³-hybridized carbons (Fsp3) is 0.211. The number of nitrogens with one attached hydrogen (secondary N) is 2. The van der Waals surface area contributed by atoms with Gasteiger partial charge in [-0.15, -0.1) is 11.3 Å². The minimum Gasteiger partial charge on any atom is -0.480 e. The molecule has 136 valence electrons. The Labute approximate surface area is 155 Å². The average Bonchev–Trinajstić information content (AvgIpc) is 3.12. The molecule has 3 N–H and O–H groups in total. The van der Waals surface area contributed by atoms with Crippen LogP contribution in [0.15, 0.2) is 53.5 Å². The Balaban J connectivity index is 2.25. The molecule has 0 aliphatic rings. The molecule has 0 bridgehead atoms. The van der Waals surface area contributed by atoms with Crippen LogP contribution in [-0.2, 0) is 9.59 Å². The molecular formula is C19H20N2O4S. The van der Waals surface area contributed by atoms with E-state index in [2.05, 4.69) is 10.6 Å². The quantitative estimate of drug-likeness (QED) is 0.651. The second-order valence-corrected chi connectivity index (χ2v) is 6.91. The summed E-state index contributed by atoms with van der Waals surface area (Å²) < 4.78 is 0. The Morgan fingerprint density at radius 1 is 1.08 bits per heavy atom. The van der Waals surface area contributed by atoms with Crippen molar-refractivity contribution in [1.29, 1.82) is 0 Å². The predicted octanol–water partition coefficient (Wildman–Crippen LogP) is 2.74. The topological polar surface area (TPSA) is 95.5 Å². The zero-order valence-electron chi connectivity index (χ0n) is 14.4. The van der Waals surface area contributed by atoms with Crippen LogP contribution in [0.1, 0.15) is 29.1 Å². The van der Waals surface area contributed by atoms with Gasteiger partial charge in [0.2, 0.25) is 0 Å². The number of thiophene rings is 1. The number of carboxylic acids is 1. The van der Waals surface area contributed by atoms with Crippen LogP contribution in [0.2, 0.25) is 0 Å². The van der Waals surface area contributed by atoms with Crippen molar-refractivity contribution in [2.75, 3.05) is 0 Å². The SMILES string of the molecule is CC(C)C(NC(=O)/C(=C\c1cccs1)NC(=O)c1ccccc1)C(=O)O. The fourth-order valence-corrected chi connectivity index (χ4v) is 2.85. The number of benzene rings is 1. The Kier molecular flexibility index (Phi) is 6.68. The fourth-order valence-electron chi connectivity index (χ4n) is 2.19. The van der Waals surface area contributed by atoms with Crippen molar-refractivity contribution in [3.8, 4) is 0 Å². The van der Waals surface area contributed by atoms with Gasteiger partial charge in [0.1, 0.15) is 11.7 Å². The molecule has 0 spiro atoms. The van der Waals surface area contributed by atoms with E-state index in [4.69, 9.17) is 0 Å². The first kappa shape index (κ1) is 19.4. The average molecular weight is 372 g/mol. The van der Waals surface area contributed by atoms with E-state index in [1.54, 1.807) is 50.2 Å². The molecule has 1 heterocycles. The number of hydrogen-bond donors (Lipinski definition) is 3. The summed E-state index contributed by atoms with van der Waals surface area (Å²) in [6, 6.07) is 11.0. The summed E-state index contributed by atoms with van der Waals surface area (Å²) in [6.07, 6.45) is 1.53. The van der Waals surface area contributed by atoms with Gasteiger partial charge in [-0.2, -0.15) is 0 Å². The molecule has 0 aliphatic carbocycles. The number of carbonyl (C=O) groups excluding carboxylic acids is 2. The third-order valence-electron chi connectivity index (χ3n) is 3.58. The van der Waals surface area contributed by atoms with Crippen molar-refractivity contribution >= 4 is 35.2 Å². The summed E-state index contributed by atoms with van der Waals surface area (Å²) in [5.41, 5.74) is 0.393. The summed E-state index contributed by atoms with van der Waals surface area (Å²) in [7, 11) is 0. The first-order chi connectivity index (χ1) is 12.4. The Bertz CT molecular complexity index is 798. The Hall–Kier alpha value is -2.93. The molecule has 1 aromatic heterocycles. The molecule has 0 radical (unpaired) electrons. The van der Waals surface area contributed by atoms with Gasteiger partial charge in [0.25, 0.3) is 11.8 Å². The van der Waals surface area contributed by atoms with Crippen LogP contribution < -0.4 is 10.6 Å². The third kappa shape index (κ3) is 5.29. The molecule has 1 aromatic carbocycles. The molecule has 0 saturated heterocycles. The largest absolute Gasteiger partial charge is 0.480 e. The highest BCUT2D eigenvalue weighted by Crippen LogP contribution is 2.14. The highest BCUT2D eigenvalue weighted by atomic mass is 32.1. The van der Waals surface area contributed by atoms with Gasteiger partial charge in [-0.25, -0.2) is 4.79 Å². The molecule has 6 nitrogen and oxygen atoms in total. The number of carbonyl (C=O) groups is 3. The van der Waals surface area contributed by atoms with Gasteiger partial charge in [0.15, 0.2) is 0 Å². The second-order valence-electron chi connectivity index (χ2n) is 5.93. The van der Waals surface area contributed by atoms with E-state index in [-0.39, 0.29) is 11.6 Å². The molecule has 2 amide bonds. The minimum atomic E-state index is -1.13. The lowest BCUT2D eigenvalue weighted by molar-refractivity contribution is -0.142. The maximum Gasteiger partial charge on any atom is 0.326 e. The molecule has 26 heavy (non-hydrogen) atoms. The Morgan fingerprint density at radius 3 is 2.31 bits per heavy atom. The highest BCUT2D eigenvalue weighted by Gasteiger charge is 2.25. The number of amides is 2. The zero-order valence-corrected chi connectivity index (χ0v) is 15.2. The van der Waals surface area contributed by atoms with Crippen LogP contribution >= 0.6 is 11.3 Å². The summed E-state index contributed by atoms with van der Waals surface area (Å²) >= 11 is 1.40. The number of rotatable bonds is 7. The maximum atomic E-state index is 12.6. The van der Waals surface area contributed by atoms with Gasteiger partial charge in [0, 0.05) is 10.4 Å². The monoisotopic (exact) mass is 372 g/mol. The lowest BCUT2D eigenvalue weighted by Crippen LogP contribution is -2.47. The summed E-state index contributed by atoms with van der Waals surface area (Å²) in [6.45, 7) is 3.40. The smallest absolute Gasteiger partial charge is 0.326 e. The van der Waals surface area contributed by atoms with Crippen molar-refractivity contribution in [3.63, 3.8) is 0 Å². The molecular weight excluding hydrogens is 352 g/mol. The van der Waals surface area contributed by atoms with E-state index in [0.29, 0.717) is 5.56 Å². The van der Waals surface area contributed by atoms with Crippen molar-refractivity contribution in [3.05, 3.63) is 64.0 Å². The van der Waals surface area contributed by atoms with Gasteiger partial charge < -0.3 is 15.7 Å². The van der Waals surface area contributed by atoms with Gasteiger partial charge >= 0.3 is 5.97 Å². The van der Waals surface area contributed by atoms with Gasteiger partial charge in [-0.3, -0.25) is 9.59 Å². The van der Waals surface area contributed by atoms with Crippen molar-refractivity contribution in [2.45, 2.75) is 19.9 Å². The normalized spacial score (nSPS) is 12.5. The number of aliphatic carboxylic acids is 1. The number of hydrogen-bond acceptors (Lipinski definition) is 4. The molecule has 7 heteroatoms. The molecule has 2 rings (SSSR count). The predicted molar refractivity (Wildman–Crippen MR) is 101 cm³/mol. The molecule has 0 aliphatic heterocycles. The van der Waals surface area contributed by atoms with Gasteiger partial charge in [-0.05, 0) is 35.6 Å². The van der Waals surface area contributed by atoms with E-state index < -0.39 is 23.8 Å². The lowest BCUT2D eigenvalue weighted by atomic mass is 10.0. The summed E-state index contributed by atoms with van der Waals surface area (Å²) in [5.74, 6) is -2.52. The second kappa shape index (κ2) is 8.96. The van der Waals surface area contributed by atoms with Crippen molar-refractivity contribution in [1.82, 2.24) is 10.6 Å². The molecule has 0 fully saturated rings.